The minimum absolute atomic E-state index is 0.0634. The van der Waals surface area contributed by atoms with Gasteiger partial charge in [0.15, 0.2) is 0 Å². The average Bonchev–Trinajstić information content (AvgIpc) is 2.94. The minimum atomic E-state index is -0.333. The highest BCUT2D eigenvalue weighted by molar-refractivity contribution is 7.09. The lowest BCUT2D eigenvalue weighted by Gasteiger charge is -2.14. The van der Waals surface area contributed by atoms with E-state index in [9.17, 15) is 4.79 Å². The van der Waals surface area contributed by atoms with Gasteiger partial charge in [0, 0.05) is 11.1 Å². The van der Waals surface area contributed by atoms with Crippen molar-refractivity contribution in [2.24, 2.45) is 0 Å². The van der Waals surface area contributed by atoms with Gasteiger partial charge in [-0.15, -0.1) is 22.9 Å². The van der Waals surface area contributed by atoms with Crippen LogP contribution in [-0.2, 0) is 6.54 Å². The molecule has 0 aliphatic carbocycles. The molecule has 20 heavy (non-hydrogen) atoms. The molecular weight excluding hydrogens is 294 g/mol. The lowest BCUT2D eigenvalue weighted by atomic mass is 10.2. The second-order valence-electron chi connectivity index (χ2n) is 4.46. The van der Waals surface area contributed by atoms with Gasteiger partial charge in [0.25, 0.3) is 5.56 Å². The summed E-state index contributed by atoms with van der Waals surface area (Å²) in [5.41, 5.74) is 2.37. The first-order valence-corrected chi connectivity index (χ1v) is 7.49. The molecule has 1 unspecified atom stereocenters. The summed E-state index contributed by atoms with van der Waals surface area (Å²) in [5.74, 6) is 0.587. The Morgan fingerprint density at radius 1 is 1.40 bits per heavy atom. The fraction of sp³-hybridized carbons (Fsp3) is 0.214. The van der Waals surface area contributed by atoms with Crippen LogP contribution in [0.15, 0.2) is 40.8 Å². The number of nitrogens with zero attached hydrogens (tertiary/aromatic N) is 3. The molecule has 0 aliphatic rings. The van der Waals surface area contributed by atoms with Crippen LogP contribution in [0.4, 0.5) is 0 Å². The maximum atomic E-state index is 12.6. The van der Waals surface area contributed by atoms with Crippen LogP contribution in [0.2, 0.25) is 0 Å². The van der Waals surface area contributed by atoms with Crippen molar-refractivity contribution in [3.05, 3.63) is 57.0 Å². The Morgan fingerprint density at radius 2 is 2.20 bits per heavy atom. The smallest absolute Gasteiger partial charge is 0.261 e. The predicted octanol–water partition coefficient (Wildman–Crippen LogP) is 3.20. The molecule has 0 radical (unpaired) electrons. The van der Waals surface area contributed by atoms with Crippen LogP contribution in [0.3, 0.4) is 0 Å². The van der Waals surface area contributed by atoms with Gasteiger partial charge in [0.1, 0.15) is 5.82 Å². The zero-order valence-electron chi connectivity index (χ0n) is 10.8. The van der Waals surface area contributed by atoms with Crippen LogP contribution in [0.1, 0.15) is 23.0 Å². The van der Waals surface area contributed by atoms with Gasteiger partial charge in [0.05, 0.1) is 28.3 Å². The normalized spacial score (nSPS) is 12.7. The first-order chi connectivity index (χ1) is 9.66. The van der Waals surface area contributed by atoms with E-state index in [1.165, 1.54) is 11.3 Å². The summed E-state index contributed by atoms with van der Waals surface area (Å²) >= 11 is 7.70. The molecule has 3 aromatic rings. The molecule has 4 nitrogen and oxygen atoms in total. The topological polar surface area (TPSA) is 47.8 Å². The molecule has 0 spiro atoms. The molecule has 0 saturated carbocycles. The van der Waals surface area contributed by atoms with E-state index in [0.29, 0.717) is 23.3 Å². The van der Waals surface area contributed by atoms with Crippen molar-refractivity contribution < 1.29 is 0 Å². The molecule has 1 atom stereocenters. The van der Waals surface area contributed by atoms with Gasteiger partial charge in [-0.2, -0.15) is 0 Å². The van der Waals surface area contributed by atoms with Crippen molar-refractivity contribution >= 4 is 33.8 Å². The Bertz CT molecular complexity index is 796. The highest BCUT2D eigenvalue weighted by Gasteiger charge is 2.15. The van der Waals surface area contributed by atoms with Gasteiger partial charge in [-0.3, -0.25) is 14.3 Å². The molecule has 0 N–H and O–H groups in total. The van der Waals surface area contributed by atoms with Gasteiger partial charge >= 0.3 is 0 Å². The summed E-state index contributed by atoms with van der Waals surface area (Å²) in [5, 5.41) is 0.276. The molecule has 2 aromatic heterocycles. The number of fused-ring (bicyclic) bond motifs is 1. The van der Waals surface area contributed by atoms with Crippen molar-refractivity contribution in [2.75, 3.05) is 0 Å². The minimum Gasteiger partial charge on any atom is -0.289 e. The number of hydrogen-bond acceptors (Lipinski definition) is 4. The van der Waals surface area contributed by atoms with Crippen molar-refractivity contribution in [2.45, 2.75) is 18.8 Å². The van der Waals surface area contributed by atoms with E-state index in [4.69, 9.17) is 11.6 Å². The molecule has 2 heterocycles. The maximum Gasteiger partial charge on any atom is 0.261 e. The third-order valence-electron chi connectivity index (χ3n) is 3.04. The van der Waals surface area contributed by atoms with Gasteiger partial charge < -0.3 is 0 Å². The summed E-state index contributed by atoms with van der Waals surface area (Å²) in [6.45, 7) is 2.27. The second kappa shape index (κ2) is 5.34. The summed E-state index contributed by atoms with van der Waals surface area (Å²) < 4.78 is 1.63. The Morgan fingerprint density at radius 3 is 2.90 bits per heavy atom. The lowest BCUT2D eigenvalue weighted by molar-refractivity contribution is 0.684. The second-order valence-corrected chi connectivity index (χ2v) is 6.09. The zero-order valence-corrected chi connectivity index (χ0v) is 12.4. The van der Waals surface area contributed by atoms with Crippen LogP contribution in [0.5, 0.6) is 0 Å². The quantitative estimate of drug-likeness (QED) is 0.698. The zero-order chi connectivity index (χ0) is 14.1. The van der Waals surface area contributed by atoms with Crippen LogP contribution in [0.25, 0.3) is 10.9 Å². The Labute approximate surface area is 124 Å². The SMILES string of the molecule is CC(Cl)c1nc2ccccc2c(=O)n1Cc1cncs1. The van der Waals surface area contributed by atoms with Crippen LogP contribution in [0, 0.1) is 0 Å². The number of rotatable bonds is 3. The number of thiazole rings is 1. The lowest BCUT2D eigenvalue weighted by Crippen LogP contribution is -2.26. The van der Waals surface area contributed by atoms with E-state index in [2.05, 4.69) is 9.97 Å². The Hall–Kier alpha value is -1.72. The van der Waals surface area contributed by atoms with Crippen molar-refractivity contribution in [1.29, 1.82) is 0 Å². The summed E-state index contributed by atoms with van der Waals surface area (Å²) in [6.07, 6.45) is 1.76. The van der Waals surface area contributed by atoms with Crippen LogP contribution >= 0.6 is 22.9 Å². The number of aromatic nitrogens is 3. The highest BCUT2D eigenvalue weighted by Crippen LogP contribution is 2.20. The van der Waals surface area contributed by atoms with E-state index in [0.717, 1.165) is 4.88 Å². The molecule has 0 bridgehead atoms. The van der Waals surface area contributed by atoms with E-state index in [-0.39, 0.29) is 10.9 Å². The fourth-order valence-electron chi connectivity index (χ4n) is 2.12. The third-order valence-corrected chi connectivity index (χ3v) is 4.00. The Kier molecular flexibility index (Phi) is 3.54. The van der Waals surface area contributed by atoms with Crippen LogP contribution < -0.4 is 5.56 Å². The largest absolute Gasteiger partial charge is 0.289 e. The van der Waals surface area contributed by atoms with Gasteiger partial charge in [-0.1, -0.05) is 12.1 Å². The molecule has 3 rings (SSSR count). The van der Waals surface area contributed by atoms with Crippen molar-refractivity contribution in [1.82, 2.24) is 14.5 Å². The molecule has 0 aliphatic heterocycles. The first-order valence-electron chi connectivity index (χ1n) is 6.17. The molecule has 1 aromatic carbocycles. The average molecular weight is 306 g/mol. The third kappa shape index (κ3) is 2.34. The van der Waals surface area contributed by atoms with E-state index < -0.39 is 0 Å². The van der Waals surface area contributed by atoms with E-state index in [1.807, 2.05) is 25.1 Å². The monoisotopic (exact) mass is 305 g/mol. The Balaban J connectivity index is 2.24. The predicted molar refractivity (Wildman–Crippen MR) is 81.5 cm³/mol. The number of benzene rings is 1. The number of alkyl halides is 1. The highest BCUT2D eigenvalue weighted by atomic mass is 35.5. The van der Waals surface area contributed by atoms with Gasteiger partial charge in [-0.25, -0.2) is 4.98 Å². The summed E-state index contributed by atoms with van der Waals surface area (Å²) in [7, 11) is 0. The molecule has 0 amide bonds. The molecule has 0 fully saturated rings. The van der Waals surface area contributed by atoms with Crippen molar-refractivity contribution in [3.8, 4) is 0 Å². The van der Waals surface area contributed by atoms with E-state index >= 15 is 0 Å². The van der Waals surface area contributed by atoms with Crippen molar-refractivity contribution in [3.63, 3.8) is 0 Å². The number of para-hydroxylation sites is 1. The van der Waals surface area contributed by atoms with Crippen LogP contribution in [-0.4, -0.2) is 14.5 Å². The summed E-state index contributed by atoms with van der Waals surface area (Å²) in [4.78, 5) is 22.2. The maximum absolute atomic E-state index is 12.6. The van der Waals surface area contributed by atoms with Gasteiger partial charge in [-0.05, 0) is 19.1 Å². The molecule has 0 saturated heterocycles. The van der Waals surface area contributed by atoms with E-state index in [1.54, 1.807) is 22.3 Å². The first kappa shape index (κ1) is 13.3. The number of hydrogen-bond donors (Lipinski definition) is 0. The number of halogens is 1. The summed E-state index contributed by atoms with van der Waals surface area (Å²) in [6, 6.07) is 7.32. The fourth-order valence-corrected chi connectivity index (χ4v) is 2.87. The molecular formula is C14H12ClN3OS. The molecule has 6 heteroatoms. The van der Waals surface area contributed by atoms with Gasteiger partial charge in [0.2, 0.25) is 0 Å². The molecule has 102 valence electrons. The standard InChI is InChI=1S/C14H12ClN3OS/c1-9(15)13-17-12-5-3-2-4-11(12)14(19)18(13)7-10-6-16-8-20-10/h2-6,8-9H,7H2,1H3.